The van der Waals surface area contributed by atoms with Gasteiger partial charge in [0, 0.05) is 5.56 Å². The van der Waals surface area contributed by atoms with Gasteiger partial charge in [-0.1, -0.05) is 30.3 Å². The Labute approximate surface area is 68.7 Å². The number of carbonyl (C=O) groups is 2. The first-order chi connectivity index (χ1) is 4.84. The average molecular weight is 172 g/mol. The Balaban J connectivity index is 0. The van der Waals surface area contributed by atoms with Crippen LogP contribution in [0, 0.1) is 0 Å². The quantitative estimate of drug-likeness (QED) is 0.368. The highest BCUT2D eigenvalue weighted by Gasteiger charge is 1.99. The van der Waals surface area contributed by atoms with Crippen molar-refractivity contribution < 1.29 is 19.8 Å². The second kappa shape index (κ2) is 6.18. The predicted molar refractivity (Wildman–Crippen MR) is 43.0 cm³/mol. The number of carbonyl (C=O) groups excluding carboxylic acids is 2. The molecule has 0 heterocycles. The lowest BCUT2D eigenvalue weighted by Gasteiger charge is -1.88. The van der Waals surface area contributed by atoms with Gasteiger partial charge in [-0.2, -0.15) is 0 Å². The van der Waals surface area contributed by atoms with Crippen molar-refractivity contribution in [3.63, 3.8) is 0 Å². The standard InChI is InChI=1S/C8H6O2.FH.H2O/c9-6-8(10)7-4-2-1-3-5-7;;/h1-6H;1H;1H2. The first kappa shape index (κ1) is 13.1. The van der Waals surface area contributed by atoms with E-state index in [-0.39, 0.29) is 10.2 Å². The monoisotopic (exact) mass is 172 g/mol. The van der Waals surface area contributed by atoms with Crippen LogP contribution < -0.4 is 0 Å². The van der Waals surface area contributed by atoms with Crippen molar-refractivity contribution in [1.82, 2.24) is 0 Å². The molecule has 2 N–H and O–H groups in total. The van der Waals surface area contributed by atoms with E-state index >= 15 is 0 Å². The normalized spacial score (nSPS) is 7.33. The van der Waals surface area contributed by atoms with E-state index in [1.165, 1.54) is 0 Å². The van der Waals surface area contributed by atoms with Crippen LogP contribution in [0.15, 0.2) is 30.3 Å². The molecule has 66 valence electrons. The molecule has 3 nitrogen and oxygen atoms in total. The summed E-state index contributed by atoms with van der Waals surface area (Å²) in [5, 5.41) is 0. The molecule has 0 atom stereocenters. The smallest absolute Gasteiger partial charge is 0.225 e. The Kier molecular flexibility index (Phi) is 6.73. The van der Waals surface area contributed by atoms with Crippen molar-refractivity contribution in [2.45, 2.75) is 0 Å². The van der Waals surface area contributed by atoms with Crippen molar-refractivity contribution in [3.8, 4) is 0 Å². The summed E-state index contributed by atoms with van der Waals surface area (Å²) < 4.78 is 0. The number of aldehydes is 1. The zero-order valence-corrected chi connectivity index (χ0v) is 6.19. The zero-order valence-electron chi connectivity index (χ0n) is 6.19. The van der Waals surface area contributed by atoms with Gasteiger partial charge in [0.25, 0.3) is 0 Å². The summed E-state index contributed by atoms with van der Waals surface area (Å²) in [7, 11) is 0. The summed E-state index contributed by atoms with van der Waals surface area (Å²) in [4.78, 5) is 20.6. The van der Waals surface area contributed by atoms with Crippen LogP contribution in [0.3, 0.4) is 0 Å². The highest BCUT2D eigenvalue weighted by molar-refractivity contribution is 6.33. The van der Waals surface area contributed by atoms with Gasteiger partial charge < -0.3 is 5.48 Å². The molecule has 1 aromatic rings. The molecule has 0 spiro atoms. The van der Waals surface area contributed by atoms with Gasteiger partial charge in [0.15, 0.2) is 6.29 Å². The molecule has 0 saturated carbocycles. The molecule has 0 aliphatic rings. The summed E-state index contributed by atoms with van der Waals surface area (Å²) >= 11 is 0. The maximum Gasteiger partial charge on any atom is 0.225 e. The number of Topliss-reactive ketones (excluding diaryl/α,β-unsaturated/α-hetero) is 1. The lowest BCUT2D eigenvalue weighted by molar-refractivity contribution is -0.104. The Morgan fingerprint density at radius 2 is 1.67 bits per heavy atom. The Hall–Kier alpha value is -1.55. The summed E-state index contributed by atoms with van der Waals surface area (Å²) in [5.74, 6) is -0.472. The van der Waals surface area contributed by atoms with Gasteiger partial charge in [0.1, 0.15) is 0 Å². The van der Waals surface area contributed by atoms with E-state index in [4.69, 9.17) is 0 Å². The van der Waals surface area contributed by atoms with Gasteiger partial charge in [-0.3, -0.25) is 14.3 Å². The molecule has 0 unspecified atom stereocenters. The lowest BCUT2D eigenvalue weighted by Crippen LogP contribution is -1.97. The summed E-state index contributed by atoms with van der Waals surface area (Å²) in [6.45, 7) is 0. The van der Waals surface area contributed by atoms with E-state index < -0.39 is 5.78 Å². The van der Waals surface area contributed by atoms with Gasteiger partial charge in [-0.05, 0) is 0 Å². The molecule has 0 aromatic heterocycles. The fraction of sp³-hybridized carbons (Fsp3) is 0. The van der Waals surface area contributed by atoms with Crippen molar-refractivity contribution >= 4 is 12.1 Å². The molecule has 0 radical (unpaired) electrons. The summed E-state index contributed by atoms with van der Waals surface area (Å²) in [6.07, 6.45) is 0.315. The van der Waals surface area contributed by atoms with Gasteiger partial charge >= 0.3 is 0 Å². The summed E-state index contributed by atoms with van der Waals surface area (Å²) in [6, 6.07) is 8.45. The van der Waals surface area contributed by atoms with Gasteiger partial charge in [0.05, 0.1) is 0 Å². The summed E-state index contributed by atoms with van der Waals surface area (Å²) in [5.41, 5.74) is 0.442. The Bertz CT molecular complexity index is 246. The second-order valence-electron chi connectivity index (χ2n) is 1.85. The van der Waals surface area contributed by atoms with E-state index in [1.54, 1.807) is 30.3 Å². The van der Waals surface area contributed by atoms with Crippen LogP contribution in [0.25, 0.3) is 0 Å². The first-order valence-corrected chi connectivity index (χ1v) is 2.89. The molecular formula is C8H9FO3. The maximum atomic E-state index is 10.6. The topological polar surface area (TPSA) is 65.6 Å². The minimum absolute atomic E-state index is 0. The van der Waals surface area contributed by atoms with Gasteiger partial charge in [0.2, 0.25) is 5.78 Å². The minimum atomic E-state index is -0.472. The lowest BCUT2D eigenvalue weighted by atomic mass is 10.1. The van der Waals surface area contributed by atoms with Crippen LogP contribution in [0.2, 0.25) is 0 Å². The molecule has 0 saturated heterocycles. The Morgan fingerprint density at radius 3 is 2.08 bits per heavy atom. The van der Waals surface area contributed by atoms with Crippen LogP contribution in [0.1, 0.15) is 10.4 Å². The predicted octanol–water partition coefficient (Wildman–Crippen LogP) is 0.396. The third kappa shape index (κ3) is 3.03. The number of halogens is 1. The van der Waals surface area contributed by atoms with Crippen LogP contribution in [-0.2, 0) is 4.79 Å². The number of hydrogen-bond acceptors (Lipinski definition) is 2. The molecule has 12 heavy (non-hydrogen) atoms. The molecule has 0 amide bonds. The third-order valence-corrected chi connectivity index (χ3v) is 1.17. The number of hydrogen-bond donors (Lipinski definition) is 0. The van der Waals surface area contributed by atoms with E-state index in [0.717, 1.165) is 0 Å². The average Bonchev–Trinajstić information content (AvgIpc) is 2.05. The molecular weight excluding hydrogens is 163 g/mol. The number of rotatable bonds is 2. The van der Waals surface area contributed by atoms with Gasteiger partial charge in [-0.25, -0.2) is 0 Å². The van der Waals surface area contributed by atoms with E-state index in [9.17, 15) is 9.59 Å². The highest BCUT2D eigenvalue weighted by atomic mass is 19.0. The van der Waals surface area contributed by atoms with Crippen molar-refractivity contribution in [2.24, 2.45) is 0 Å². The third-order valence-electron chi connectivity index (χ3n) is 1.17. The largest absolute Gasteiger partial charge is 0.412 e. The van der Waals surface area contributed by atoms with Crippen LogP contribution in [-0.4, -0.2) is 17.5 Å². The molecule has 1 aromatic carbocycles. The maximum absolute atomic E-state index is 10.6. The van der Waals surface area contributed by atoms with Crippen molar-refractivity contribution in [1.29, 1.82) is 0 Å². The van der Waals surface area contributed by atoms with Gasteiger partial charge in [-0.15, -0.1) is 0 Å². The van der Waals surface area contributed by atoms with Crippen LogP contribution >= 0.6 is 0 Å². The molecule has 0 aliphatic carbocycles. The van der Waals surface area contributed by atoms with E-state index in [1.807, 2.05) is 0 Å². The number of benzene rings is 1. The molecule has 0 aliphatic heterocycles. The fourth-order valence-corrected chi connectivity index (χ4v) is 0.670. The first-order valence-electron chi connectivity index (χ1n) is 2.89. The van der Waals surface area contributed by atoms with Crippen molar-refractivity contribution in [2.75, 3.05) is 0 Å². The molecule has 1 rings (SSSR count). The van der Waals surface area contributed by atoms with E-state index in [2.05, 4.69) is 0 Å². The SMILES string of the molecule is F.O.O=CC(=O)c1ccccc1. The molecule has 0 fully saturated rings. The number of ketones is 1. The fourth-order valence-electron chi connectivity index (χ4n) is 0.670. The minimum Gasteiger partial charge on any atom is -0.412 e. The highest BCUT2D eigenvalue weighted by Crippen LogP contribution is 1.96. The zero-order chi connectivity index (χ0) is 7.40. The Morgan fingerprint density at radius 1 is 1.17 bits per heavy atom. The molecule has 4 heteroatoms. The second-order valence-corrected chi connectivity index (χ2v) is 1.85. The van der Waals surface area contributed by atoms with Crippen LogP contribution in [0.5, 0.6) is 0 Å². The van der Waals surface area contributed by atoms with Crippen LogP contribution in [0.4, 0.5) is 4.70 Å². The van der Waals surface area contributed by atoms with E-state index in [0.29, 0.717) is 11.8 Å². The van der Waals surface area contributed by atoms with Crippen molar-refractivity contribution in [3.05, 3.63) is 35.9 Å². The molecule has 0 bridgehead atoms.